The second-order valence-electron chi connectivity index (χ2n) is 5.50. The van der Waals surface area contributed by atoms with Gasteiger partial charge in [0.2, 0.25) is 0 Å². The fraction of sp³-hybridized carbons (Fsp3) is 0.571. The van der Waals surface area contributed by atoms with Crippen molar-refractivity contribution in [1.29, 1.82) is 0 Å². The zero-order valence-corrected chi connectivity index (χ0v) is 14.9. The molecular weight excluding hydrogens is 383 g/mol. The molecule has 0 N–H and O–H groups in total. The summed E-state index contributed by atoms with van der Waals surface area (Å²) in [6.07, 6.45) is 1.35. The first-order chi connectivity index (χ1) is 9.42. The summed E-state index contributed by atoms with van der Waals surface area (Å²) in [5, 5.41) is 0. The molecule has 2 rings (SSSR count). The third-order valence-corrected chi connectivity index (χ3v) is 7.74. The van der Waals surface area contributed by atoms with Gasteiger partial charge in [0.25, 0.3) is 0 Å². The zero-order valence-electron chi connectivity index (χ0n) is 11.0. The standard InChI is InChI=1S/C14H17BrCl2O2S/c15-13-4-2-1-3-11(13)7-14(9-16,10-17)12-5-6-20(18,19)8-12/h1-4,12H,5-10H2. The van der Waals surface area contributed by atoms with Crippen molar-refractivity contribution in [2.75, 3.05) is 23.3 Å². The van der Waals surface area contributed by atoms with Gasteiger partial charge in [-0.05, 0) is 30.4 Å². The Morgan fingerprint density at radius 3 is 2.40 bits per heavy atom. The van der Waals surface area contributed by atoms with E-state index in [0.29, 0.717) is 24.6 Å². The average molecular weight is 400 g/mol. The minimum Gasteiger partial charge on any atom is -0.229 e. The fourth-order valence-corrected chi connectivity index (χ4v) is 6.07. The number of benzene rings is 1. The summed E-state index contributed by atoms with van der Waals surface area (Å²) < 4.78 is 24.5. The lowest BCUT2D eigenvalue weighted by Gasteiger charge is -2.35. The Labute approximate surface area is 138 Å². The molecule has 2 nitrogen and oxygen atoms in total. The van der Waals surface area contributed by atoms with Crippen LogP contribution >= 0.6 is 39.1 Å². The summed E-state index contributed by atoms with van der Waals surface area (Å²) >= 11 is 15.9. The summed E-state index contributed by atoms with van der Waals surface area (Å²) in [5.74, 6) is 1.24. The van der Waals surface area contributed by atoms with Crippen LogP contribution in [0.2, 0.25) is 0 Å². The molecule has 20 heavy (non-hydrogen) atoms. The first-order valence-electron chi connectivity index (χ1n) is 6.48. The van der Waals surface area contributed by atoms with E-state index in [1.54, 1.807) is 0 Å². The molecule has 6 heteroatoms. The van der Waals surface area contributed by atoms with Crippen molar-refractivity contribution in [1.82, 2.24) is 0 Å². The molecule has 1 aliphatic heterocycles. The lowest BCUT2D eigenvalue weighted by molar-refractivity contribution is 0.244. The van der Waals surface area contributed by atoms with Gasteiger partial charge in [0.05, 0.1) is 11.5 Å². The Bertz CT molecular complexity index is 570. The highest BCUT2D eigenvalue weighted by atomic mass is 79.9. The highest BCUT2D eigenvalue weighted by Gasteiger charge is 2.43. The summed E-state index contributed by atoms with van der Waals surface area (Å²) in [5.41, 5.74) is 0.759. The molecule has 1 fully saturated rings. The highest BCUT2D eigenvalue weighted by molar-refractivity contribution is 9.10. The van der Waals surface area contributed by atoms with Crippen molar-refractivity contribution < 1.29 is 8.42 Å². The quantitative estimate of drug-likeness (QED) is 0.703. The van der Waals surface area contributed by atoms with Gasteiger partial charge in [-0.3, -0.25) is 0 Å². The van der Waals surface area contributed by atoms with Gasteiger partial charge >= 0.3 is 0 Å². The van der Waals surface area contributed by atoms with E-state index in [4.69, 9.17) is 23.2 Å². The second kappa shape index (κ2) is 6.55. The summed E-state index contributed by atoms with van der Waals surface area (Å²) in [6, 6.07) is 7.94. The maximum absolute atomic E-state index is 11.7. The molecule has 112 valence electrons. The van der Waals surface area contributed by atoms with Crippen molar-refractivity contribution in [3.63, 3.8) is 0 Å². The normalized spacial score (nSPS) is 22.1. The van der Waals surface area contributed by atoms with E-state index in [0.717, 1.165) is 10.0 Å². The summed E-state index contributed by atoms with van der Waals surface area (Å²) in [4.78, 5) is 0. The third-order valence-electron chi connectivity index (χ3n) is 4.13. The smallest absolute Gasteiger partial charge is 0.150 e. The van der Waals surface area contributed by atoms with Crippen molar-refractivity contribution >= 4 is 49.0 Å². The lowest BCUT2D eigenvalue weighted by Crippen LogP contribution is -2.37. The van der Waals surface area contributed by atoms with E-state index in [1.807, 2.05) is 24.3 Å². The van der Waals surface area contributed by atoms with Crippen molar-refractivity contribution in [2.45, 2.75) is 12.8 Å². The Morgan fingerprint density at radius 2 is 1.90 bits per heavy atom. The molecule has 0 aromatic heterocycles. The SMILES string of the molecule is O=S1(=O)CCC(C(CCl)(CCl)Cc2ccccc2Br)C1. The van der Waals surface area contributed by atoms with Crippen LogP contribution in [0.15, 0.2) is 28.7 Å². The third kappa shape index (κ3) is 3.52. The maximum atomic E-state index is 11.7. The molecule has 1 aliphatic rings. The number of sulfone groups is 1. The van der Waals surface area contributed by atoms with E-state index in [9.17, 15) is 8.42 Å². The first kappa shape index (κ1) is 16.6. The van der Waals surface area contributed by atoms with Crippen LogP contribution in [-0.2, 0) is 16.3 Å². The number of halogens is 3. The van der Waals surface area contributed by atoms with Crippen molar-refractivity contribution in [3.05, 3.63) is 34.3 Å². The van der Waals surface area contributed by atoms with E-state index in [-0.39, 0.29) is 22.8 Å². The maximum Gasteiger partial charge on any atom is 0.150 e. The molecule has 0 radical (unpaired) electrons. The van der Waals surface area contributed by atoms with Crippen LogP contribution in [0.3, 0.4) is 0 Å². The molecule has 1 heterocycles. The highest BCUT2D eigenvalue weighted by Crippen LogP contribution is 2.42. The van der Waals surface area contributed by atoms with Crippen molar-refractivity contribution in [3.8, 4) is 0 Å². The molecule has 1 unspecified atom stereocenters. The van der Waals surface area contributed by atoms with Gasteiger partial charge in [0.15, 0.2) is 9.84 Å². The second-order valence-corrected chi connectivity index (χ2v) is 9.12. The van der Waals surface area contributed by atoms with Gasteiger partial charge < -0.3 is 0 Å². The van der Waals surface area contributed by atoms with Crippen LogP contribution in [0.1, 0.15) is 12.0 Å². The van der Waals surface area contributed by atoms with Gasteiger partial charge in [-0.25, -0.2) is 8.42 Å². The van der Waals surface area contributed by atoms with Crippen LogP contribution in [0.5, 0.6) is 0 Å². The molecule has 1 aromatic rings. The predicted octanol–water partition coefficient (Wildman–Crippen LogP) is 3.89. The molecule has 1 saturated heterocycles. The first-order valence-corrected chi connectivity index (χ1v) is 10.2. The fourth-order valence-electron chi connectivity index (χ4n) is 2.79. The summed E-state index contributed by atoms with van der Waals surface area (Å²) in [6.45, 7) is 0. The van der Waals surface area contributed by atoms with Crippen LogP contribution in [0.4, 0.5) is 0 Å². The Morgan fingerprint density at radius 1 is 1.25 bits per heavy atom. The molecule has 0 bridgehead atoms. The van der Waals surface area contributed by atoms with E-state index < -0.39 is 9.84 Å². The molecule has 0 aliphatic carbocycles. The Kier molecular flexibility index (Phi) is 5.44. The van der Waals surface area contributed by atoms with Crippen LogP contribution in [0.25, 0.3) is 0 Å². The minimum absolute atomic E-state index is 0.0367. The molecule has 0 saturated carbocycles. The van der Waals surface area contributed by atoms with Gasteiger partial charge in [-0.2, -0.15) is 0 Å². The molecule has 0 spiro atoms. The number of hydrogen-bond donors (Lipinski definition) is 0. The van der Waals surface area contributed by atoms with Crippen LogP contribution in [0, 0.1) is 11.3 Å². The van der Waals surface area contributed by atoms with Crippen LogP contribution < -0.4 is 0 Å². The largest absolute Gasteiger partial charge is 0.229 e. The topological polar surface area (TPSA) is 34.1 Å². The van der Waals surface area contributed by atoms with Crippen molar-refractivity contribution in [2.24, 2.45) is 11.3 Å². The molecule has 1 aromatic carbocycles. The van der Waals surface area contributed by atoms with Gasteiger partial charge in [-0.15, -0.1) is 23.2 Å². The summed E-state index contributed by atoms with van der Waals surface area (Å²) in [7, 11) is -2.93. The molecule has 1 atom stereocenters. The monoisotopic (exact) mass is 398 g/mol. The van der Waals surface area contributed by atoms with E-state index >= 15 is 0 Å². The number of alkyl halides is 2. The number of rotatable bonds is 5. The lowest BCUT2D eigenvalue weighted by atomic mass is 9.74. The average Bonchev–Trinajstić information content (AvgIpc) is 2.79. The molecule has 0 amide bonds. The molecular formula is C14H17BrCl2O2S. The van der Waals surface area contributed by atoms with Gasteiger partial charge in [-0.1, -0.05) is 34.1 Å². The zero-order chi connectivity index (χ0) is 14.8. The Balaban J connectivity index is 2.29. The predicted molar refractivity (Wildman–Crippen MR) is 88.5 cm³/mol. The van der Waals surface area contributed by atoms with Gasteiger partial charge in [0, 0.05) is 21.6 Å². The minimum atomic E-state index is -2.93. The Hall–Kier alpha value is 0.230. The van der Waals surface area contributed by atoms with E-state index in [2.05, 4.69) is 15.9 Å². The van der Waals surface area contributed by atoms with Gasteiger partial charge in [0.1, 0.15) is 0 Å². The van der Waals surface area contributed by atoms with E-state index in [1.165, 1.54) is 0 Å². The van der Waals surface area contributed by atoms with Crippen LogP contribution in [-0.4, -0.2) is 31.7 Å². The number of hydrogen-bond acceptors (Lipinski definition) is 2.